The summed E-state index contributed by atoms with van der Waals surface area (Å²) >= 11 is 0. The van der Waals surface area contributed by atoms with E-state index in [0.29, 0.717) is 0 Å². The van der Waals surface area contributed by atoms with Gasteiger partial charge in [0, 0.05) is 17.4 Å². The largest absolute Gasteiger partial charge is 0.494 e. The number of aliphatic imine (C=N–C) groups is 1. The van der Waals surface area contributed by atoms with Gasteiger partial charge < -0.3 is 5.11 Å². The fraction of sp³-hybridized carbons (Fsp3) is 0.136. The molecule has 0 saturated heterocycles. The Labute approximate surface area is 161 Å². The average Bonchev–Trinajstić information content (AvgIpc) is 3.12. The first-order chi connectivity index (χ1) is 13.6. The number of benzene rings is 2. The molecule has 4 rings (SSSR count). The molecule has 28 heavy (non-hydrogen) atoms. The number of aryl methyl sites for hydroxylation is 1. The van der Waals surface area contributed by atoms with Crippen molar-refractivity contribution in [2.45, 2.75) is 19.9 Å². The number of hydrogen-bond acceptors (Lipinski definition) is 4. The molecule has 1 aromatic heterocycles. The van der Waals surface area contributed by atoms with Crippen LogP contribution in [0.5, 0.6) is 5.88 Å². The van der Waals surface area contributed by atoms with Crippen molar-refractivity contribution in [3.8, 4) is 5.88 Å². The summed E-state index contributed by atoms with van der Waals surface area (Å²) in [4.78, 5) is 31.4. The number of H-pyrrole nitrogens is 1. The van der Waals surface area contributed by atoms with Gasteiger partial charge in [-0.2, -0.15) is 0 Å². The lowest BCUT2D eigenvalue weighted by Crippen LogP contribution is -2.31. The van der Waals surface area contributed by atoms with Gasteiger partial charge in [-0.3, -0.25) is 19.3 Å². The summed E-state index contributed by atoms with van der Waals surface area (Å²) in [6, 6.07) is 15.2. The molecule has 6 heteroatoms. The van der Waals surface area contributed by atoms with E-state index in [0.717, 1.165) is 38.9 Å². The number of nitrogens with zero attached hydrogens (tertiary/aromatic N) is 2. The van der Waals surface area contributed by atoms with E-state index in [1.807, 2.05) is 48.5 Å². The minimum Gasteiger partial charge on any atom is -0.494 e. The van der Waals surface area contributed by atoms with Crippen molar-refractivity contribution < 1.29 is 5.11 Å². The molecule has 140 valence electrons. The highest BCUT2D eigenvalue weighted by Gasteiger charge is 2.18. The Kier molecular flexibility index (Phi) is 4.53. The highest BCUT2D eigenvalue weighted by molar-refractivity contribution is 6.21. The summed E-state index contributed by atoms with van der Waals surface area (Å²) in [5, 5.41) is 10.7. The number of allylic oxidation sites excluding steroid dienone is 1. The minimum atomic E-state index is -0.651. The monoisotopic (exact) mass is 373 g/mol. The summed E-state index contributed by atoms with van der Waals surface area (Å²) in [5.74, 6) is -0.362. The maximum Gasteiger partial charge on any atom is 0.331 e. The molecule has 0 saturated carbocycles. The summed E-state index contributed by atoms with van der Waals surface area (Å²) in [5.41, 5.74) is 3.21. The lowest BCUT2D eigenvalue weighted by Gasteiger charge is -2.10. The van der Waals surface area contributed by atoms with Gasteiger partial charge in [-0.05, 0) is 23.6 Å². The molecule has 2 N–H and O–H groups in total. The molecule has 2 aromatic carbocycles. The molecule has 0 fully saturated rings. The van der Waals surface area contributed by atoms with Crippen LogP contribution in [-0.4, -0.2) is 20.9 Å². The van der Waals surface area contributed by atoms with Crippen molar-refractivity contribution in [2.24, 2.45) is 4.99 Å². The fourth-order valence-corrected chi connectivity index (χ4v) is 3.35. The SMILES string of the molecule is CCc1cccc2c1N=C/C2=C/c1c(O)n(Cc2ccccc2)c(=O)[nH]c1=O. The highest BCUT2D eigenvalue weighted by Crippen LogP contribution is 2.36. The third-order valence-electron chi connectivity index (χ3n) is 4.83. The van der Waals surface area contributed by atoms with Gasteiger partial charge in [0.25, 0.3) is 5.56 Å². The van der Waals surface area contributed by atoms with Crippen LogP contribution in [0.2, 0.25) is 0 Å². The second kappa shape index (κ2) is 7.15. The second-order valence-corrected chi connectivity index (χ2v) is 6.59. The molecule has 1 aliphatic rings. The van der Waals surface area contributed by atoms with Gasteiger partial charge in [-0.25, -0.2) is 4.79 Å². The summed E-state index contributed by atoms with van der Waals surface area (Å²) in [7, 11) is 0. The number of hydrogen-bond donors (Lipinski definition) is 2. The van der Waals surface area contributed by atoms with Crippen molar-refractivity contribution >= 4 is 23.6 Å². The second-order valence-electron chi connectivity index (χ2n) is 6.59. The molecular weight excluding hydrogens is 354 g/mol. The van der Waals surface area contributed by atoms with E-state index in [2.05, 4.69) is 16.9 Å². The Morgan fingerprint density at radius 2 is 1.89 bits per heavy atom. The van der Waals surface area contributed by atoms with E-state index in [9.17, 15) is 14.7 Å². The number of nitrogens with one attached hydrogen (secondary N) is 1. The van der Waals surface area contributed by atoms with Crippen LogP contribution in [0, 0.1) is 0 Å². The first kappa shape index (κ1) is 17.7. The molecule has 1 aliphatic heterocycles. The number of para-hydroxylation sites is 1. The smallest absolute Gasteiger partial charge is 0.331 e. The van der Waals surface area contributed by atoms with E-state index < -0.39 is 11.2 Å². The van der Waals surface area contributed by atoms with E-state index in [1.54, 1.807) is 12.3 Å². The van der Waals surface area contributed by atoms with Crippen LogP contribution in [0.3, 0.4) is 0 Å². The Bertz CT molecular complexity index is 1220. The van der Waals surface area contributed by atoms with Crippen molar-refractivity contribution in [1.82, 2.24) is 9.55 Å². The minimum absolute atomic E-state index is 0.0340. The predicted molar refractivity (Wildman–Crippen MR) is 110 cm³/mol. The van der Waals surface area contributed by atoms with E-state index >= 15 is 0 Å². The molecule has 0 atom stereocenters. The van der Waals surface area contributed by atoms with Crippen molar-refractivity contribution in [3.05, 3.63) is 91.6 Å². The van der Waals surface area contributed by atoms with Crippen LogP contribution in [0.1, 0.15) is 29.2 Å². The summed E-state index contributed by atoms with van der Waals surface area (Å²) in [6.45, 7) is 2.21. The summed E-state index contributed by atoms with van der Waals surface area (Å²) < 4.78 is 1.15. The van der Waals surface area contributed by atoms with Gasteiger partial charge in [0.1, 0.15) is 5.56 Å². The molecule has 0 amide bonds. The Morgan fingerprint density at radius 3 is 2.64 bits per heavy atom. The van der Waals surface area contributed by atoms with Gasteiger partial charge >= 0.3 is 5.69 Å². The first-order valence-corrected chi connectivity index (χ1v) is 9.06. The van der Waals surface area contributed by atoms with Crippen LogP contribution < -0.4 is 11.2 Å². The van der Waals surface area contributed by atoms with Crippen LogP contribution >= 0.6 is 0 Å². The van der Waals surface area contributed by atoms with Gasteiger partial charge in [-0.15, -0.1) is 0 Å². The third-order valence-corrected chi connectivity index (χ3v) is 4.83. The zero-order valence-corrected chi connectivity index (χ0v) is 15.3. The molecule has 0 bridgehead atoms. The Hall–Kier alpha value is -3.67. The van der Waals surface area contributed by atoms with E-state index in [4.69, 9.17) is 0 Å². The molecule has 0 aliphatic carbocycles. The number of aromatic nitrogens is 2. The van der Waals surface area contributed by atoms with Gasteiger partial charge in [-0.1, -0.05) is 55.5 Å². The first-order valence-electron chi connectivity index (χ1n) is 9.06. The predicted octanol–water partition coefficient (Wildman–Crippen LogP) is 3.11. The van der Waals surface area contributed by atoms with Crippen molar-refractivity contribution in [1.29, 1.82) is 0 Å². The topological polar surface area (TPSA) is 87.4 Å². The molecule has 0 spiro atoms. The quantitative estimate of drug-likeness (QED) is 0.737. The molecular formula is C22H19N3O3. The number of aromatic hydroxyl groups is 1. The molecule has 2 heterocycles. The van der Waals surface area contributed by atoms with Crippen LogP contribution in [0.4, 0.5) is 5.69 Å². The van der Waals surface area contributed by atoms with E-state index in [1.165, 1.54) is 0 Å². The number of rotatable bonds is 4. The fourth-order valence-electron chi connectivity index (χ4n) is 3.35. The van der Waals surface area contributed by atoms with Gasteiger partial charge in [0.05, 0.1) is 12.2 Å². The van der Waals surface area contributed by atoms with Crippen molar-refractivity contribution in [3.63, 3.8) is 0 Å². The molecule has 0 radical (unpaired) electrons. The van der Waals surface area contributed by atoms with Crippen LogP contribution in [0.15, 0.2) is 63.1 Å². The van der Waals surface area contributed by atoms with Gasteiger partial charge in [0.15, 0.2) is 0 Å². The lowest BCUT2D eigenvalue weighted by atomic mass is 10.0. The third kappa shape index (κ3) is 3.09. The highest BCUT2D eigenvalue weighted by atomic mass is 16.3. The number of fused-ring (bicyclic) bond motifs is 1. The maximum absolute atomic E-state index is 12.4. The number of aromatic amines is 1. The molecule has 0 unspecified atom stereocenters. The lowest BCUT2D eigenvalue weighted by molar-refractivity contribution is 0.408. The Morgan fingerprint density at radius 1 is 1.11 bits per heavy atom. The Balaban J connectivity index is 1.82. The molecule has 6 nitrogen and oxygen atoms in total. The van der Waals surface area contributed by atoms with E-state index in [-0.39, 0.29) is 18.0 Å². The standard InChI is InChI=1S/C22H19N3O3/c1-2-15-9-6-10-17-16(12-23-19(15)17)11-18-20(26)24-22(28)25(21(18)27)13-14-7-4-3-5-8-14/h3-12,27H,2,13H2,1H3,(H,24,26,28)/b16-11-. The van der Waals surface area contributed by atoms with Crippen LogP contribution in [0.25, 0.3) is 11.6 Å². The average molecular weight is 373 g/mol. The van der Waals surface area contributed by atoms with Crippen molar-refractivity contribution in [2.75, 3.05) is 0 Å². The maximum atomic E-state index is 12.4. The normalized spacial score (nSPS) is 13.8. The van der Waals surface area contributed by atoms with Gasteiger partial charge in [0.2, 0.25) is 5.88 Å². The van der Waals surface area contributed by atoms with Crippen LogP contribution in [-0.2, 0) is 13.0 Å². The zero-order valence-electron chi connectivity index (χ0n) is 15.3. The molecule has 3 aromatic rings. The zero-order chi connectivity index (χ0) is 19.7. The summed E-state index contributed by atoms with van der Waals surface area (Å²) in [6.07, 6.45) is 4.10.